The Hall–Kier alpha value is -0.0800. The monoisotopic (exact) mass is 198 g/mol. The zero-order valence-electron chi connectivity index (χ0n) is 9.08. The number of hydrogen-bond donors (Lipinski definition) is 2. The first-order valence-electron chi connectivity index (χ1n) is 6.06. The normalized spacial score (nSPS) is 46.9. The van der Waals surface area contributed by atoms with E-state index in [0.717, 1.165) is 38.5 Å². The van der Waals surface area contributed by atoms with Gasteiger partial charge in [-0.15, -0.1) is 0 Å². The van der Waals surface area contributed by atoms with Gasteiger partial charge < -0.3 is 10.2 Å². The Balaban J connectivity index is 2.04. The van der Waals surface area contributed by atoms with Gasteiger partial charge in [-0.3, -0.25) is 0 Å². The van der Waals surface area contributed by atoms with E-state index in [1.165, 1.54) is 6.42 Å². The van der Waals surface area contributed by atoms with Crippen molar-refractivity contribution < 1.29 is 10.2 Å². The minimum Gasteiger partial charge on any atom is -0.393 e. The lowest BCUT2D eigenvalue weighted by molar-refractivity contribution is -0.155. The molecule has 2 nitrogen and oxygen atoms in total. The van der Waals surface area contributed by atoms with Crippen LogP contribution in [0.5, 0.6) is 0 Å². The van der Waals surface area contributed by atoms with Gasteiger partial charge in [-0.1, -0.05) is 19.8 Å². The Labute approximate surface area is 86.3 Å². The Bertz CT molecular complexity index is 204. The van der Waals surface area contributed by atoms with Crippen molar-refractivity contribution in [3.63, 3.8) is 0 Å². The first-order chi connectivity index (χ1) is 6.65. The number of hydrogen-bond acceptors (Lipinski definition) is 2. The minimum atomic E-state index is -0.531. The summed E-state index contributed by atoms with van der Waals surface area (Å²) in [5.41, 5.74) is -0.531. The molecule has 0 aromatic heterocycles. The van der Waals surface area contributed by atoms with Crippen LogP contribution in [0.2, 0.25) is 0 Å². The number of unbranched alkanes of at least 4 members (excludes halogenated alkanes) is 1. The fourth-order valence-corrected chi connectivity index (χ4v) is 3.47. The van der Waals surface area contributed by atoms with Gasteiger partial charge in [0.25, 0.3) is 0 Å². The molecule has 0 amide bonds. The third kappa shape index (κ3) is 1.70. The molecular formula is C12H22O2. The number of rotatable bonds is 3. The largest absolute Gasteiger partial charge is 0.393 e. The second-order valence-corrected chi connectivity index (χ2v) is 5.26. The van der Waals surface area contributed by atoms with Crippen LogP contribution in [0.3, 0.4) is 0 Å². The summed E-state index contributed by atoms with van der Waals surface area (Å²) in [5, 5.41) is 20.4. The maximum Gasteiger partial charge on any atom is 0.0703 e. The highest BCUT2D eigenvalue weighted by Crippen LogP contribution is 2.49. The van der Waals surface area contributed by atoms with Crippen LogP contribution in [0, 0.1) is 11.8 Å². The Morgan fingerprint density at radius 3 is 2.71 bits per heavy atom. The summed E-state index contributed by atoms with van der Waals surface area (Å²) in [7, 11) is 0. The average molecular weight is 198 g/mol. The topological polar surface area (TPSA) is 40.5 Å². The minimum absolute atomic E-state index is 0.166. The van der Waals surface area contributed by atoms with Crippen molar-refractivity contribution in [3.05, 3.63) is 0 Å². The molecule has 2 N–H and O–H groups in total. The van der Waals surface area contributed by atoms with E-state index in [9.17, 15) is 10.2 Å². The van der Waals surface area contributed by atoms with Gasteiger partial charge in [0.1, 0.15) is 0 Å². The summed E-state index contributed by atoms with van der Waals surface area (Å²) in [6.45, 7) is 2.15. The highest BCUT2D eigenvalue weighted by Gasteiger charge is 2.49. The first kappa shape index (κ1) is 10.4. The maximum atomic E-state index is 10.5. The van der Waals surface area contributed by atoms with Crippen molar-refractivity contribution >= 4 is 0 Å². The van der Waals surface area contributed by atoms with Gasteiger partial charge in [0.2, 0.25) is 0 Å². The SMILES string of the molecule is CCCC[C@@]1(O)C[C@H]2CC[C@@H]1[C@@H](O)C2. The third-order valence-electron chi connectivity index (χ3n) is 4.22. The summed E-state index contributed by atoms with van der Waals surface area (Å²) in [5.74, 6) is 0.746. The van der Waals surface area contributed by atoms with Gasteiger partial charge in [-0.2, -0.15) is 0 Å². The Kier molecular flexibility index (Phi) is 2.85. The molecule has 0 saturated heterocycles. The van der Waals surface area contributed by atoms with E-state index < -0.39 is 5.60 Å². The summed E-state index contributed by atoms with van der Waals surface area (Å²) in [6, 6.07) is 0. The summed E-state index contributed by atoms with van der Waals surface area (Å²) >= 11 is 0. The van der Waals surface area contributed by atoms with Crippen LogP contribution in [-0.2, 0) is 0 Å². The smallest absolute Gasteiger partial charge is 0.0703 e. The standard InChI is InChI=1S/C12H22O2/c1-2-3-6-12(14)8-9-4-5-10(12)11(13)7-9/h9-11,13-14H,2-8H2,1H3/t9-,10+,11-,12+/m0/s1. The molecule has 0 aromatic rings. The second kappa shape index (κ2) is 3.82. The fourth-order valence-electron chi connectivity index (χ4n) is 3.47. The van der Waals surface area contributed by atoms with E-state index in [-0.39, 0.29) is 12.0 Å². The molecule has 0 radical (unpaired) electrons. The molecule has 3 aliphatic carbocycles. The molecule has 0 spiro atoms. The fraction of sp³-hybridized carbons (Fsp3) is 1.00. The van der Waals surface area contributed by atoms with Crippen molar-refractivity contribution in [1.29, 1.82) is 0 Å². The van der Waals surface area contributed by atoms with E-state index in [1.807, 2.05) is 0 Å². The Morgan fingerprint density at radius 1 is 1.36 bits per heavy atom. The van der Waals surface area contributed by atoms with Crippen LogP contribution in [0.25, 0.3) is 0 Å². The van der Waals surface area contributed by atoms with Gasteiger partial charge in [-0.05, 0) is 38.0 Å². The number of aliphatic hydroxyl groups is 2. The zero-order chi connectivity index (χ0) is 10.2. The molecule has 2 bridgehead atoms. The van der Waals surface area contributed by atoms with Gasteiger partial charge >= 0.3 is 0 Å². The molecular weight excluding hydrogens is 176 g/mol. The van der Waals surface area contributed by atoms with E-state index >= 15 is 0 Å². The van der Waals surface area contributed by atoms with Crippen molar-refractivity contribution in [2.45, 2.75) is 63.6 Å². The van der Waals surface area contributed by atoms with Crippen LogP contribution >= 0.6 is 0 Å². The van der Waals surface area contributed by atoms with E-state index in [0.29, 0.717) is 5.92 Å². The average Bonchev–Trinajstić information content (AvgIpc) is 2.15. The molecule has 0 aromatic carbocycles. The van der Waals surface area contributed by atoms with Crippen molar-refractivity contribution in [1.82, 2.24) is 0 Å². The summed E-state index contributed by atoms with van der Waals surface area (Å²) in [6.07, 6.45) is 7.00. The van der Waals surface area contributed by atoms with Crippen molar-refractivity contribution in [2.75, 3.05) is 0 Å². The molecule has 3 rings (SSSR count). The van der Waals surface area contributed by atoms with Crippen molar-refractivity contribution in [3.8, 4) is 0 Å². The molecule has 0 aliphatic heterocycles. The highest BCUT2D eigenvalue weighted by molar-refractivity contribution is 5.01. The summed E-state index contributed by atoms with van der Waals surface area (Å²) in [4.78, 5) is 0. The lowest BCUT2D eigenvalue weighted by atomic mass is 9.59. The first-order valence-corrected chi connectivity index (χ1v) is 6.06. The van der Waals surface area contributed by atoms with Crippen LogP contribution in [0.4, 0.5) is 0 Å². The Morgan fingerprint density at radius 2 is 2.14 bits per heavy atom. The zero-order valence-corrected chi connectivity index (χ0v) is 9.08. The van der Waals surface area contributed by atoms with E-state index in [4.69, 9.17) is 0 Å². The second-order valence-electron chi connectivity index (χ2n) is 5.26. The van der Waals surface area contributed by atoms with Gasteiger partial charge in [-0.25, -0.2) is 0 Å². The molecule has 2 heteroatoms. The maximum absolute atomic E-state index is 10.5. The quantitative estimate of drug-likeness (QED) is 0.729. The molecule has 3 fully saturated rings. The molecule has 0 unspecified atom stereocenters. The predicted molar refractivity (Wildman–Crippen MR) is 55.9 cm³/mol. The lowest BCUT2D eigenvalue weighted by Gasteiger charge is -2.51. The number of aliphatic hydroxyl groups excluding tert-OH is 1. The molecule has 82 valence electrons. The summed E-state index contributed by atoms with van der Waals surface area (Å²) < 4.78 is 0. The van der Waals surface area contributed by atoms with Crippen molar-refractivity contribution in [2.24, 2.45) is 11.8 Å². The molecule has 3 aliphatic rings. The van der Waals surface area contributed by atoms with Crippen LogP contribution in [0.15, 0.2) is 0 Å². The van der Waals surface area contributed by atoms with E-state index in [2.05, 4.69) is 6.92 Å². The van der Waals surface area contributed by atoms with Crippen LogP contribution in [-0.4, -0.2) is 21.9 Å². The van der Waals surface area contributed by atoms with E-state index in [1.54, 1.807) is 0 Å². The third-order valence-corrected chi connectivity index (χ3v) is 4.22. The van der Waals surface area contributed by atoms with Crippen LogP contribution in [0.1, 0.15) is 51.9 Å². The van der Waals surface area contributed by atoms with Crippen LogP contribution < -0.4 is 0 Å². The molecule has 3 saturated carbocycles. The molecule has 0 heterocycles. The van der Waals surface area contributed by atoms with Gasteiger partial charge in [0.15, 0.2) is 0 Å². The lowest BCUT2D eigenvalue weighted by Crippen LogP contribution is -2.54. The van der Waals surface area contributed by atoms with Gasteiger partial charge in [0, 0.05) is 5.92 Å². The predicted octanol–water partition coefficient (Wildman–Crippen LogP) is 2.09. The highest BCUT2D eigenvalue weighted by atomic mass is 16.3. The van der Waals surface area contributed by atoms with Gasteiger partial charge in [0.05, 0.1) is 11.7 Å². The molecule has 14 heavy (non-hydrogen) atoms. The molecule has 4 atom stereocenters. The number of fused-ring (bicyclic) bond motifs is 3.